The normalized spacial score (nSPS) is 22.0. The molecule has 0 aliphatic carbocycles. The molecule has 0 aromatic carbocycles. The van der Waals surface area contributed by atoms with Gasteiger partial charge in [0.05, 0.1) is 19.4 Å². The second-order valence-electron chi connectivity index (χ2n) is 7.99. The minimum Gasteiger partial charge on any atom is -0.481 e. The fraction of sp³-hybridized carbons (Fsp3) is 0.800. The van der Waals surface area contributed by atoms with E-state index in [1.165, 1.54) is 7.11 Å². The maximum absolute atomic E-state index is 12.7. The molecule has 0 radical (unpaired) electrons. The summed E-state index contributed by atoms with van der Waals surface area (Å²) in [5.74, 6) is -1.96. The van der Waals surface area contributed by atoms with Crippen molar-refractivity contribution in [3.05, 3.63) is 0 Å². The quantitative estimate of drug-likeness (QED) is 0.240. The zero-order chi connectivity index (χ0) is 22.6. The van der Waals surface area contributed by atoms with Crippen molar-refractivity contribution in [3.63, 3.8) is 0 Å². The summed E-state index contributed by atoms with van der Waals surface area (Å²) < 4.78 is 4.52. The van der Waals surface area contributed by atoms with E-state index in [2.05, 4.69) is 20.9 Å². The average molecular weight is 443 g/mol. The molecule has 2 heterocycles. The molecular formula is C20H34N4O7. The van der Waals surface area contributed by atoms with Crippen molar-refractivity contribution in [1.29, 1.82) is 0 Å². The number of nitrogens with one attached hydrogen (secondary N) is 3. The second kappa shape index (κ2) is 13.2. The molecule has 2 amide bonds. The van der Waals surface area contributed by atoms with Gasteiger partial charge in [-0.25, -0.2) is 4.79 Å². The number of carbonyl (C=O) groups excluding carboxylic acids is 3. The van der Waals surface area contributed by atoms with Gasteiger partial charge in [0.15, 0.2) is 6.61 Å². The van der Waals surface area contributed by atoms with Crippen LogP contribution in [0.2, 0.25) is 0 Å². The largest absolute Gasteiger partial charge is 0.481 e. The van der Waals surface area contributed by atoms with Crippen molar-refractivity contribution in [3.8, 4) is 0 Å². The molecule has 4 N–H and O–H groups in total. The maximum Gasteiger partial charge on any atom is 0.333 e. The third-order valence-electron chi connectivity index (χ3n) is 5.82. The summed E-state index contributed by atoms with van der Waals surface area (Å²) in [7, 11) is 1.25. The number of nitrogens with zero attached hydrogens (tertiary/aromatic N) is 1. The van der Waals surface area contributed by atoms with Gasteiger partial charge in [-0.1, -0.05) is 0 Å². The first-order valence-corrected chi connectivity index (χ1v) is 10.8. The van der Waals surface area contributed by atoms with Crippen LogP contribution in [0.5, 0.6) is 0 Å². The highest BCUT2D eigenvalue weighted by atomic mass is 16.7. The van der Waals surface area contributed by atoms with Crippen molar-refractivity contribution in [2.24, 2.45) is 11.8 Å². The van der Waals surface area contributed by atoms with Gasteiger partial charge in [-0.05, 0) is 44.7 Å². The molecule has 11 heteroatoms. The zero-order valence-corrected chi connectivity index (χ0v) is 18.1. The molecule has 31 heavy (non-hydrogen) atoms. The Hall–Kier alpha value is -2.24. The Kier molecular flexibility index (Phi) is 10.7. The number of amides is 2. The van der Waals surface area contributed by atoms with E-state index in [4.69, 9.17) is 9.94 Å². The van der Waals surface area contributed by atoms with Crippen molar-refractivity contribution in [2.75, 3.05) is 46.4 Å². The molecule has 1 unspecified atom stereocenters. The Balaban J connectivity index is 1.90. The number of likely N-dealkylation sites (tertiary alicyclic amines) is 1. The zero-order valence-electron chi connectivity index (χ0n) is 18.1. The standard InChI is InChI=1S/C20H34N4O7/c1-30-19(28)13-31-23-16-7-11-24(12-15(16)20(29)22-10-6-18(26)27)17(25)3-2-14-4-8-21-9-5-14/h14-16,21,23H,2-13H2,1H3,(H,22,29)(H,26,27)/t15-,16?/m1/s1. The molecule has 176 valence electrons. The van der Waals surface area contributed by atoms with Crippen LogP contribution in [0.1, 0.15) is 38.5 Å². The van der Waals surface area contributed by atoms with Crippen LogP contribution >= 0.6 is 0 Å². The highest BCUT2D eigenvalue weighted by molar-refractivity contribution is 5.82. The fourth-order valence-corrected chi connectivity index (χ4v) is 3.93. The molecule has 11 nitrogen and oxygen atoms in total. The maximum atomic E-state index is 12.7. The van der Waals surface area contributed by atoms with Crippen LogP contribution in [0.15, 0.2) is 0 Å². The van der Waals surface area contributed by atoms with Crippen LogP contribution in [0.25, 0.3) is 0 Å². The number of piperidine rings is 2. The number of methoxy groups -OCH3 is 1. The van der Waals surface area contributed by atoms with E-state index >= 15 is 0 Å². The van der Waals surface area contributed by atoms with Gasteiger partial charge in [0.1, 0.15) is 0 Å². The molecular weight excluding hydrogens is 408 g/mol. The van der Waals surface area contributed by atoms with Crippen molar-refractivity contribution in [1.82, 2.24) is 21.0 Å². The molecule has 0 bridgehead atoms. The summed E-state index contributed by atoms with van der Waals surface area (Å²) in [6.07, 6.45) is 3.73. The van der Waals surface area contributed by atoms with E-state index in [1.54, 1.807) is 4.90 Å². The number of hydrogen-bond acceptors (Lipinski definition) is 8. The first-order valence-electron chi connectivity index (χ1n) is 10.8. The number of hydroxylamine groups is 1. The lowest BCUT2D eigenvalue weighted by atomic mass is 9.90. The Morgan fingerprint density at radius 1 is 1.13 bits per heavy atom. The molecule has 2 aliphatic heterocycles. The van der Waals surface area contributed by atoms with E-state index in [0.29, 0.717) is 25.3 Å². The Morgan fingerprint density at radius 2 is 1.87 bits per heavy atom. The Labute approximate surface area is 182 Å². The van der Waals surface area contributed by atoms with Crippen LogP contribution in [0.4, 0.5) is 0 Å². The molecule has 0 spiro atoms. The van der Waals surface area contributed by atoms with Gasteiger partial charge in [-0.2, -0.15) is 5.48 Å². The second-order valence-corrected chi connectivity index (χ2v) is 7.99. The number of esters is 1. The first kappa shape index (κ1) is 25.0. The SMILES string of the molecule is COC(=O)CONC1CCN(C(=O)CCC2CCNCC2)C[C@H]1C(=O)NCCC(=O)O. The minimum atomic E-state index is -1.00. The fourth-order valence-electron chi connectivity index (χ4n) is 3.93. The van der Waals surface area contributed by atoms with Gasteiger partial charge >= 0.3 is 11.9 Å². The van der Waals surface area contributed by atoms with E-state index in [9.17, 15) is 19.2 Å². The van der Waals surface area contributed by atoms with E-state index in [-0.39, 0.29) is 37.9 Å². The highest BCUT2D eigenvalue weighted by Crippen LogP contribution is 2.22. The van der Waals surface area contributed by atoms with Gasteiger partial charge in [-0.3, -0.25) is 19.2 Å². The number of carbonyl (C=O) groups is 4. The number of hydrogen-bond donors (Lipinski definition) is 4. The summed E-state index contributed by atoms with van der Waals surface area (Å²) in [5, 5.41) is 14.7. The van der Waals surface area contributed by atoms with E-state index < -0.39 is 23.9 Å². The molecule has 2 aliphatic rings. The minimum absolute atomic E-state index is 0.00403. The number of aliphatic carboxylic acids is 1. The molecule has 2 atom stereocenters. The lowest BCUT2D eigenvalue weighted by Crippen LogP contribution is -2.56. The van der Waals surface area contributed by atoms with Crippen LogP contribution in [0.3, 0.4) is 0 Å². The van der Waals surface area contributed by atoms with Crippen molar-refractivity contribution >= 4 is 23.8 Å². The average Bonchev–Trinajstić information content (AvgIpc) is 2.77. The van der Waals surface area contributed by atoms with Gasteiger partial charge in [0, 0.05) is 32.1 Å². The molecule has 0 aromatic heterocycles. The number of carboxylic acid groups (broad SMARTS) is 1. The summed E-state index contributed by atoms with van der Waals surface area (Å²) >= 11 is 0. The topological polar surface area (TPSA) is 146 Å². The summed E-state index contributed by atoms with van der Waals surface area (Å²) in [5.41, 5.74) is 2.74. The van der Waals surface area contributed by atoms with E-state index in [0.717, 1.165) is 32.4 Å². The molecule has 0 aromatic rings. The molecule has 2 saturated heterocycles. The third-order valence-corrected chi connectivity index (χ3v) is 5.82. The van der Waals surface area contributed by atoms with Gasteiger partial charge < -0.3 is 25.4 Å². The number of carboxylic acids is 1. The third kappa shape index (κ3) is 8.80. The monoisotopic (exact) mass is 442 g/mol. The van der Waals surface area contributed by atoms with E-state index in [1.807, 2.05) is 0 Å². The van der Waals surface area contributed by atoms with Crippen LogP contribution in [0, 0.1) is 11.8 Å². The lowest BCUT2D eigenvalue weighted by molar-refractivity contribution is -0.151. The Morgan fingerprint density at radius 3 is 2.55 bits per heavy atom. The predicted molar refractivity (Wildman–Crippen MR) is 110 cm³/mol. The predicted octanol–water partition coefficient (Wildman–Crippen LogP) is -0.732. The number of rotatable bonds is 11. The van der Waals surface area contributed by atoms with Gasteiger partial charge in [0.2, 0.25) is 11.8 Å². The summed E-state index contributed by atoms with van der Waals surface area (Å²) in [4.78, 5) is 54.2. The van der Waals surface area contributed by atoms with Crippen molar-refractivity contribution in [2.45, 2.75) is 44.6 Å². The van der Waals surface area contributed by atoms with Gasteiger partial charge in [-0.15, -0.1) is 0 Å². The molecule has 2 rings (SSSR count). The van der Waals surface area contributed by atoms with Crippen LogP contribution in [-0.2, 0) is 28.8 Å². The summed E-state index contributed by atoms with van der Waals surface area (Å²) in [6.45, 7) is 2.36. The smallest absolute Gasteiger partial charge is 0.333 e. The highest BCUT2D eigenvalue weighted by Gasteiger charge is 2.36. The number of ether oxygens (including phenoxy) is 1. The lowest BCUT2D eigenvalue weighted by Gasteiger charge is -2.38. The van der Waals surface area contributed by atoms with Crippen LogP contribution in [-0.4, -0.2) is 86.2 Å². The first-order chi connectivity index (χ1) is 14.9. The van der Waals surface area contributed by atoms with Gasteiger partial charge in [0.25, 0.3) is 0 Å². The Bertz CT molecular complexity index is 625. The van der Waals surface area contributed by atoms with Crippen molar-refractivity contribution < 1.29 is 33.9 Å². The molecule has 2 fully saturated rings. The molecule has 0 saturated carbocycles. The van der Waals surface area contributed by atoms with Crippen LogP contribution < -0.4 is 16.1 Å². The summed E-state index contributed by atoms with van der Waals surface area (Å²) in [6, 6.07) is -0.414.